The minimum atomic E-state index is -1.04. The topological polar surface area (TPSA) is 75.6 Å². The summed E-state index contributed by atoms with van der Waals surface area (Å²) < 4.78 is 4.29. The summed E-state index contributed by atoms with van der Waals surface area (Å²) in [6.45, 7) is 0. The summed E-state index contributed by atoms with van der Waals surface area (Å²) in [7, 11) is 1.20. The van der Waals surface area contributed by atoms with Crippen molar-refractivity contribution in [3.8, 4) is 0 Å². The number of carbonyl (C=O) groups is 2. The first-order valence-electron chi connectivity index (χ1n) is 3.68. The molecule has 6 heteroatoms. The van der Waals surface area contributed by atoms with Gasteiger partial charge in [-0.3, -0.25) is 0 Å². The van der Waals surface area contributed by atoms with Crippen molar-refractivity contribution in [3.05, 3.63) is 0 Å². The molecule has 76 valence electrons. The summed E-state index contributed by atoms with van der Waals surface area (Å²) in [5.41, 5.74) is 0. The van der Waals surface area contributed by atoms with Crippen LogP contribution in [0.15, 0.2) is 0 Å². The number of carboxylic acids is 1. The Hall–Kier alpha value is -0.910. The average Bonchev–Trinajstić information content (AvgIpc) is 2.11. The molecule has 0 rings (SSSR count). The van der Waals surface area contributed by atoms with Crippen LogP contribution in [0.4, 0.5) is 4.79 Å². The van der Waals surface area contributed by atoms with Crippen LogP contribution in [0.2, 0.25) is 0 Å². The van der Waals surface area contributed by atoms with E-state index in [2.05, 4.69) is 10.1 Å². The number of carbonyl (C=O) groups excluding carboxylic acids is 1. The number of amides is 1. The molecule has 0 saturated carbocycles. The quantitative estimate of drug-likeness (QED) is 0.688. The van der Waals surface area contributed by atoms with Crippen LogP contribution in [0.3, 0.4) is 0 Å². The predicted molar refractivity (Wildman–Crippen MR) is 50.0 cm³/mol. The summed E-state index contributed by atoms with van der Waals surface area (Å²) >= 11 is 1.53. The standard InChI is InChI=1S/C7H13NO4S/c1-12-7(11)8-5(6(9)10)3-4-13-2/h5H,3-4H2,1-2H3,(H,8,11)(H,9,10)/t5-/m0/s1. The molecule has 0 fully saturated rings. The minimum absolute atomic E-state index is 0.394. The number of carboxylic acid groups (broad SMARTS) is 1. The maximum atomic E-state index is 10.7. The van der Waals surface area contributed by atoms with Gasteiger partial charge in [-0.2, -0.15) is 11.8 Å². The fraction of sp³-hybridized carbons (Fsp3) is 0.714. The minimum Gasteiger partial charge on any atom is -0.480 e. The van der Waals surface area contributed by atoms with Gasteiger partial charge < -0.3 is 15.2 Å². The predicted octanol–water partition coefficient (Wildman–Crippen LogP) is 0.549. The van der Waals surface area contributed by atoms with E-state index in [4.69, 9.17) is 5.11 Å². The fourth-order valence-electron chi connectivity index (χ4n) is 0.694. The van der Waals surface area contributed by atoms with Crippen molar-refractivity contribution in [1.29, 1.82) is 0 Å². The van der Waals surface area contributed by atoms with Crippen molar-refractivity contribution in [3.63, 3.8) is 0 Å². The van der Waals surface area contributed by atoms with Gasteiger partial charge in [0.25, 0.3) is 0 Å². The largest absolute Gasteiger partial charge is 0.480 e. The summed E-state index contributed by atoms with van der Waals surface area (Å²) in [6, 6.07) is -0.861. The number of aliphatic carboxylic acids is 1. The van der Waals surface area contributed by atoms with Crippen molar-refractivity contribution in [1.82, 2.24) is 5.32 Å². The van der Waals surface area contributed by atoms with E-state index >= 15 is 0 Å². The zero-order valence-corrected chi connectivity index (χ0v) is 8.39. The average molecular weight is 207 g/mol. The third-order valence-electron chi connectivity index (χ3n) is 1.39. The van der Waals surface area contributed by atoms with E-state index in [0.29, 0.717) is 12.2 Å². The zero-order chi connectivity index (χ0) is 10.3. The molecule has 0 aromatic heterocycles. The van der Waals surface area contributed by atoms with E-state index in [1.54, 1.807) is 0 Å². The SMILES string of the molecule is COC(=O)N[C@@H](CCSC)C(=O)O. The molecule has 13 heavy (non-hydrogen) atoms. The van der Waals surface area contributed by atoms with Crippen LogP contribution in [0.25, 0.3) is 0 Å². The molecule has 0 spiro atoms. The normalized spacial score (nSPS) is 11.8. The second kappa shape index (κ2) is 6.59. The first kappa shape index (κ1) is 12.1. The molecule has 1 amide bonds. The lowest BCUT2D eigenvalue weighted by Gasteiger charge is -2.12. The maximum absolute atomic E-state index is 10.7. The Kier molecular flexibility index (Phi) is 6.13. The van der Waals surface area contributed by atoms with Crippen molar-refractivity contribution in [2.24, 2.45) is 0 Å². The summed E-state index contributed by atoms with van der Waals surface area (Å²) in [5, 5.41) is 10.9. The van der Waals surface area contributed by atoms with Crippen LogP contribution in [0, 0.1) is 0 Å². The van der Waals surface area contributed by atoms with E-state index in [1.807, 2.05) is 6.26 Å². The number of hydrogen-bond acceptors (Lipinski definition) is 4. The monoisotopic (exact) mass is 207 g/mol. The highest BCUT2D eigenvalue weighted by atomic mass is 32.2. The lowest BCUT2D eigenvalue weighted by molar-refractivity contribution is -0.139. The number of methoxy groups -OCH3 is 1. The summed E-state index contributed by atoms with van der Waals surface area (Å²) in [5.74, 6) is -0.361. The van der Waals surface area contributed by atoms with E-state index in [0.717, 1.165) is 0 Å². The van der Waals surface area contributed by atoms with Crippen LogP contribution < -0.4 is 5.32 Å². The van der Waals surface area contributed by atoms with Crippen LogP contribution in [-0.4, -0.2) is 42.3 Å². The Morgan fingerprint density at radius 2 is 2.23 bits per heavy atom. The Labute approximate surface area is 80.8 Å². The first-order chi connectivity index (χ1) is 6.11. The Morgan fingerprint density at radius 1 is 1.62 bits per heavy atom. The molecule has 5 nitrogen and oxygen atoms in total. The van der Waals surface area contributed by atoms with Crippen molar-refractivity contribution < 1.29 is 19.4 Å². The van der Waals surface area contributed by atoms with Gasteiger partial charge in [-0.05, 0) is 18.4 Å². The van der Waals surface area contributed by atoms with Gasteiger partial charge in [-0.1, -0.05) is 0 Å². The zero-order valence-electron chi connectivity index (χ0n) is 7.57. The van der Waals surface area contributed by atoms with Crippen LogP contribution in [0.5, 0.6) is 0 Å². The van der Waals surface area contributed by atoms with Crippen molar-refractivity contribution >= 4 is 23.8 Å². The molecule has 0 saturated heterocycles. The van der Waals surface area contributed by atoms with Crippen molar-refractivity contribution in [2.75, 3.05) is 19.1 Å². The molecular formula is C7H13NO4S. The van der Waals surface area contributed by atoms with E-state index in [9.17, 15) is 9.59 Å². The number of ether oxygens (including phenoxy) is 1. The lowest BCUT2D eigenvalue weighted by Crippen LogP contribution is -2.41. The van der Waals surface area contributed by atoms with Gasteiger partial charge in [0.2, 0.25) is 0 Å². The smallest absolute Gasteiger partial charge is 0.407 e. The van der Waals surface area contributed by atoms with E-state index < -0.39 is 18.1 Å². The van der Waals surface area contributed by atoms with Crippen molar-refractivity contribution in [2.45, 2.75) is 12.5 Å². The van der Waals surface area contributed by atoms with Crippen LogP contribution in [0.1, 0.15) is 6.42 Å². The van der Waals surface area contributed by atoms with Gasteiger partial charge >= 0.3 is 12.1 Å². The molecule has 0 radical (unpaired) electrons. The molecule has 0 aromatic carbocycles. The van der Waals surface area contributed by atoms with Gasteiger partial charge in [0.05, 0.1) is 7.11 Å². The maximum Gasteiger partial charge on any atom is 0.407 e. The van der Waals surface area contributed by atoms with Gasteiger partial charge in [0, 0.05) is 0 Å². The van der Waals surface area contributed by atoms with Gasteiger partial charge in [0.15, 0.2) is 0 Å². The molecule has 1 atom stereocenters. The number of nitrogens with one attached hydrogen (secondary N) is 1. The third-order valence-corrected chi connectivity index (χ3v) is 2.03. The number of rotatable bonds is 5. The second-order valence-electron chi connectivity index (χ2n) is 2.31. The van der Waals surface area contributed by atoms with Gasteiger partial charge in [0.1, 0.15) is 6.04 Å². The number of alkyl carbamates (subject to hydrolysis) is 1. The molecule has 0 aromatic rings. The summed E-state index contributed by atoms with van der Waals surface area (Å²) in [6.07, 6.45) is 1.55. The second-order valence-corrected chi connectivity index (χ2v) is 3.29. The Bertz CT molecular complexity index is 185. The van der Waals surface area contributed by atoms with Crippen LogP contribution >= 0.6 is 11.8 Å². The summed E-state index contributed by atoms with van der Waals surface area (Å²) in [4.78, 5) is 21.3. The van der Waals surface area contributed by atoms with Gasteiger partial charge in [-0.25, -0.2) is 9.59 Å². The Balaban J connectivity index is 3.94. The van der Waals surface area contributed by atoms with Crippen LogP contribution in [-0.2, 0) is 9.53 Å². The lowest BCUT2D eigenvalue weighted by atomic mass is 10.2. The molecule has 0 bridgehead atoms. The highest BCUT2D eigenvalue weighted by molar-refractivity contribution is 7.98. The highest BCUT2D eigenvalue weighted by Crippen LogP contribution is 2.01. The molecule has 0 heterocycles. The number of hydrogen-bond donors (Lipinski definition) is 2. The molecule has 2 N–H and O–H groups in total. The first-order valence-corrected chi connectivity index (χ1v) is 5.07. The number of thioether (sulfide) groups is 1. The Morgan fingerprint density at radius 3 is 2.62 bits per heavy atom. The van der Waals surface area contributed by atoms with E-state index in [-0.39, 0.29) is 0 Å². The molecule has 0 aliphatic carbocycles. The highest BCUT2D eigenvalue weighted by Gasteiger charge is 2.19. The van der Waals surface area contributed by atoms with E-state index in [1.165, 1.54) is 18.9 Å². The van der Waals surface area contributed by atoms with Gasteiger partial charge in [-0.15, -0.1) is 0 Å². The molecular weight excluding hydrogens is 194 g/mol. The molecule has 0 aliphatic rings. The third kappa shape index (κ3) is 5.35. The fourth-order valence-corrected chi connectivity index (χ4v) is 1.17. The molecule has 0 unspecified atom stereocenters. The molecule has 0 aliphatic heterocycles.